The predicted octanol–water partition coefficient (Wildman–Crippen LogP) is 3.66. The molecule has 0 bridgehead atoms. The summed E-state index contributed by atoms with van der Waals surface area (Å²) >= 11 is 0. The van der Waals surface area contributed by atoms with Gasteiger partial charge in [-0.05, 0) is 89.3 Å². The Hall–Kier alpha value is -5.68. The fourth-order valence-corrected chi connectivity index (χ4v) is 8.79. The van der Waals surface area contributed by atoms with Gasteiger partial charge in [-0.15, -0.1) is 10.2 Å². The van der Waals surface area contributed by atoms with Crippen LogP contribution in [0.3, 0.4) is 0 Å². The van der Waals surface area contributed by atoms with E-state index in [1.165, 1.54) is 9.80 Å². The largest absolute Gasteiger partial charge is 0.315 e. The summed E-state index contributed by atoms with van der Waals surface area (Å²) in [5, 5.41) is 28.2. The van der Waals surface area contributed by atoms with E-state index in [0.29, 0.717) is 59.2 Å². The van der Waals surface area contributed by atoms with Crippen molar-refractivity contribution in [3.05, 3.63) is 107 Å². The molecule has 0 aliphatic carbocycles. The molecule has 1 radical (unpaired) electrons. The van der Waals surface area contributed by atoms with E-state index < -0.39 is 0 Å². The van der Waals surface area contributed by atoms with Gasteiger partial charge in [-0.2, -0.15) is 0 Å². The van der Waals surface area contributed by atoms with Crippen molar-refractivity contribution in [2.75, 3.05) is 65.4 Å². The molecule has 4 aromatic carbocycles. The van der Waals surface area contributed by atoms with Gasteiger partial charge < -0.3 is 10.6 Å². The third-order valence-electron chi connectivity index (χ3n) is 11.8. The quantitative estimate of drug-likeness (QED) is 0.169. The number of nitrogens with zero attached hydrogens (tertiary/aromatic N) is 10. The smallest absolute Gasteiger partial charge is 0.261 e. The van der Waals surface area contributed by atoms with E-state index in [9.17, 15) is 19.2 Å². The molecule has 1 saturated heterocycles. The molecule has 16 nitrogen and oxygen atoms in total. The number of hydrogen-bond acceptors (Lipinski definition) is 12. The summed E-state index contributed by atoms with van der Waals surface area (Å²) in [4.78, 5) is 59.9. The summed E-state index contributed by atoms with van der Waals surface area (Å²) in [6.07, 6.45) is 5.82. The molecule has 1 fully saturated rings. The molecule has 0 atom stereocenters. The van der Waals surface area contributed by atoms with Gasteiger partial charge in [0, 0.05) is 113 Å². The van der Waals surface area contributed by atoms with Gasteiger partial charge >= 0.3 is 0 Å². The van der Waals surface area contributed by atoms with Crippen molar-refractivity contribution in [1.29, 1.82) is 0 Å². The zero-order valence-electron chi connectivity index (χ0n) is 34.2. The average Bonchev–Trinajstić information content (AvgIpc) is 3.93. The number of carbonyl (C=O) groups excluding carboxylic acids is 4. The van der Waals surface area contributed by atoms with Gasteiger partial charge in [0.05, 0.1) is 35.2 Å². The maximum absolute atomic E-state index is 13.1. The van der Waals surface area contributed by atoms with Crippen LogP contribution in [0.1, 0.15) is 79.5 Å². The first-order chi connectivity index (χ1) is 29.3. The van der Waals surface area contributed by atoms with Crippen LogP contribution in [0.2, 0.25) is 0 Å². The maximum Gasteiger partial charge on any atom is 0.261 e. The van der Waals surface area contributed by atoms with Crippen LogP contribution in [0.4, 0.5) is 0 Å². The summed E-state index contributed by atoms with van der Waals surface area (Å²) in [5.74, 6) is -1.08. The number of amides is 4. The Morgan fingerprint density at radius 3 is 1.34 bits per heavy atom. The normalized spacial score (nSPS) is 17.3. The monoisotopic (exact) mass is 871 g/mol. The number of imide groups is 2. The molecule has 0 spiro atoms. The van der Waals surface area contributed by atoms with Crippen molar-refractivity contribution in [1.82, 2.24) is 60.2 Å². The minimum absolute atomic E-state index is 0. The van der Waals surface area contributed by atoms with Crippen LogP contribution in [-0.4, -0.2) is 139 Å². The van der Waals surface area contributed by atoms with Crippen molar-refractivity contribution in [3.63, 3.8) is 0 Å². The Morgan fingerprint density at radius 2 is 0.934 bits per heavy atom. The molecule has 6 aromatic rings. The fraction of sp³-hybridized carbons (Fsp3) is 0.364. The molecule has 4 amide bonds. The summed E-state index contributed by atoms with van der Waals surface area (Å²) in [6.45, 7) is 12.5. The molecule has 3 aliphatic rings. The molecule has 2 aromatic heterocycles. The second kappa shape index (κ2) is 18.1. The van der Waals surface area contributed by atoms with E-state index in [1.807, 2.05) is 62.6 Å². The Labute approximate surface area is 363 Å². The van der Waals surface area contributed by atoms with Gasteiger partial charge in [-0.1, -0.05) is 34.7 Å². The van der Waals surface area contributed by atoms with Crippen molar-refractivity contribution in [2.45, 2.75) is 39.8 Å². The van der Waals surface area contributed by atoms with Gasteiger partial charge in [0.15, 0.2) is 0 Å². The topological polar surface area (TPSA) is 167 Å². The molecule has 17 heteroatoms. The van der Waals surface area contributed by atoms with Crippen molar-refractivity contribution in [3.8, 4) is 11.4 Å². The number of nitrogens with one attached hydrogen (secondary N) is 2. The molecule has 319 valence electrons. The SMILES string of the molecule is CCN1C(=O)c2cccc3c(-n4cc(CN5CCCNCCN(Cc6cn(-c7ccc8c9c(cccc79)C(=O)N(CC)C8=O)nn6)CCCNCC5)nn4)ccc(c23)C1=O.[Cu]. The van der Waals surface area contributed by atoms with Gasteiger partial charge in [0.25, 0.3) is 23.6 Å². The van der Waals surface area contributed by atoms with Crippen LogP contribution in [-0.2, 0) is 30.2 Å². The van der Waals surface area contributed by atoms with E-state index in [1.54, 1.807) is 33.6 Å². The average molecular weight is 872 g/mol. The molecule has 2 N–H and O–H groups in total. The second-order valence-corrected chi connectivity index (χ2v) is 15.5. The van der Waals surface area contributed by atoms with Crippen molar-refractivity contribution < 1.29 is 36.2 Å². The van der Waals surface area contributed by atoms with E-state index >= 15 is 0 Å². The molecule has 9 rings (SSSR count). The molecule has 0 unspecified atom stereocenters. The van der Waals surface area contributed by atoms with Crippen LogP contribution in [0.25, 0.3) is 32.9 Å². The second-order valence-electron chi connectivity index (χ2n) is 15.5. The maximum atomic E-state index is 13.1. The van der Waals surface area contributed by atoms with Gasteiger partial charge in [-0.3, -0.25) is 38.8 Å². The standard InChI is InChI=1S/C44H48N12O4.Cu/c1-3-53-41(57)33-11-5-9-31-37(15-13-35(39(31)33)43(53)59)55-27-29(47-49-55)25-51-21-7-17-46-20-24-52(22-8-18-45-19-23-51)26-30-28-56(50-48-30)38-16-14-36-40-32(38)10-6-12-34(40)42(58)54(4-2)44(36)60;/h5-6,9-16,27-28,45-46H,3-4,7-8,17-26H2,1-2H3;. The van der Waals surface area contributed by atoms with Gasteiger partial charge in [0.2, 0.25) is 0 Å². The van der Waals surface area contributed by atoms with Gasteiger partial charge in [-0.25, -0.2) is 9.36 Å². The van der Waals surface area contributed by atoms with Crippen LogP contribution >= 0.6 is 0 Å². The first kappa shape index (κ1) is 42.0. The summed E-state index contributed by atoms with van der Waals surface area (Å²) in [5.41, 5.74) is 5.36. The van der Waals surface area contributed by atoms with E-state index in [0.717, 1.165) is 98.7 Å². The molecule has 3 aliphatic heterocycles. The summed E-state index contributed by atoms with van der Waals surface area (Å²) in [6, 6.07) is 18.5. The molecule has 5 heterocycles. The van der Waals surface area contributed by atoms with Crippen LogP contribution in [0.5, 0.6) is 0 Å². The third-order valence-corrected chi connectivity index (χ3v) is 11.8. The van der Waals surface area contributed by atoms with Crippen LogP contribution in [0.15, 0.2) is 73.1 Å². The van der Waals surface area contributed by atoms with Gasteiger partial charge in [0.1, 0.15) is 0 Å². The van der Waals surface area contributed by atoms with Crippen LogP contribution < -0.4 is 10.6 Å². The van der Waals surface area contributed by atoms with Crippen molar-refractivity contribution in [2.24, 2.45) is 0 Å². The minimum atomic E-state index is -0.271. The zero-order chi connectivity index (χ0) is 41.3. The Kier molecular flexibility index (Phi) is 12.5. The Morgan fingerprint density at radius 1 is 0.525 bits per heavy atom. The molecular formula is C44H48CuN12O4. The first-order valence-corrected chi connectivity index (χ1v) is 20.9. The Bertz CT molecular complexity index is 2400. The predicted molar refractivity (Wildman–Crippen MR) is 225 cm³/mol. The number of hydrogen-bond donors (Lipinski definition) is 2. The van der Waals surface area contributed by atoms with E-state index in [-0.39, 0.29) is 40.7 Å². The van der Waals surface area contributed by atoms with E-state index in [4.69, 9.17) is 0 Å². The number of carbonyl (C=O) groups is 4. The molecular weight excluding hydrogens is 824 g/mol. The van der Waals surface area contributed by atoms with Crippen molar-refractivity contribution >= 4 is 45.2 Å². The summed E-state index contributed by atoms with van der Waals surface area (Å²) < 4.78 is 3.49. The minimum Gasteiger partial charge on any atom is -0.315 e. The number of aromatic nitrogens is 6. The molecule has 0 saturated carbocycles. The van der Waals surface area contributed by atoms with Crippen LogP contribution in [0, 0.1) is 0 Å². The van der Waals surface area contributed by atoms with E-state index in [2.05, 4.69) is 41.1 Å². The molecule has 61 heavy (non-hydrogen) atoms. The number of benzene rings is 4. The third kappa shape index (κ3) is 8.00. The summed E-state index contributed by atoms with van der Waals surface area (Å²) in [7, 11) is 0. The fourth-order valence-electron chi connectivity index (χ4n) is 8.79. The first-order valence-electron chi connectivity index (χ1n) is 20.9. The number of rotatable bonds is 8. The Balaban J connectivity index is 0.00000514. The zero-order valence-corrected chi connectivity index (χ0v) is 35.2.